The Labute approximate surface area is 182 Å². The number of fused-ring (bicyclic) bond motifs is 2. The highest BCUT2D eigenvalue weighted by atomic mass is 35.5. The summed E-state index contributed by atoms with van der Waals surface area (Å²) in [5.41, 5.74) is 3.80. The zero-order chi connectivity index (χ0) is 20.8. The van der Waals surface area contributed by atoms with Gasteiger partial charge < -0.3 is 4.90 Å². The minimum Gasteiger partial charge on any atom is -0.362 e. The van der Waals surface area contributed by atoms with Crippen molar-refractivity contribution in [3.8, 4) is 0 Å². The third-order valence-corrected chi connectivity index (χ3v) is 6.43. The second-order valence-electron chi connectivity index (χ2n) is 8.86. The molecule has 1 aliphatic carbocycles. The van der Waals surface area contributed by atoms with Crippen molar-refractivity contribution >= 4 is 46.1 Å². The van der Waals surface area contributed by atoms with Gasteiger partial charge in [-0.15, -0.1) is 0 Å². The van der Waals surface area contributed by atoms with Crippen molar-refractivity contribution in [3.63, 3.8) is 0 Å². The number of Topliss-reactive ketones (excluding diaryl/α,β-unsaturated/α-hetero) is 1. The topological polar surface area (TPSA) is 32.7 Å². The van der Waals surface area contributed by atoms with E-state index in [1.807, 2.05) is 30.3 Å². The van der Waals surface area contributed by atoms with Crippen LogP contribution in [-0.4, -0.2) is 18.0 Å². The Bertz CT molecular complexity index is 983. The first kappa shape index (κ1) is 20.4. The molecule has 4 rings (SSSR count). The molecule has 0 saturated heterocycles. The predicted molar refractivity (Wildman–Crippen MR) is 122 cm³/mol. The average molecular weight is 429 g/mol. The maximum Gasteiger partial charge on any atom is 0.144 e. The number of carbonyl (C=O) groups is 1. The van der Waals surface area contributed by atoms with E-state index in [1.165, 1.54) is 0 Å². The number of para-hydroxylation sites is 2. The van der Waals surface area contributed by atoms with Crippen LogP contribution in [0.1, 0.15) is 51.6 Å². The van der Waals surface area contributed by atoms with Crippen molar-refractivity contribution < 1.29 is 4.79 Å². The van der Waals surface area contributed by atoms with Crippen LogP contribution in [0.3, 0.4) is 0 Å². The number of nitrogens with zero attached hydrogens (tertiary/aromatic N) is 2. The van der Waals surface area contributed by atoms with Crippen molar-refractivity contribution in [2.24, 2.45) is 16.3 Å². The van der Waals surface area contributed by atoms with E-state index in [2.05, 4.69) is 31.7 Å². The number of hydrogen-bond donors (Lipinski definition) is 0. The van der Waals surface area contributed by atoms with Crippen LogP contribution in [0.15, 0.2) is 47.5 Å². The maximum atomic E-state index is 13.5. The van der Waals surface area contributed by atoms with E-state index in [1.54, 1.807) is 6.07 Å². The summed E-state index contributed by atoms with van der Waals surface area (Å²) >= 11 is 12.9. The summed E-state index contributed by atoms with van der Waals surface area (Å²) in [6.45, 7) is 7.27. The molecule has 0 radical (unpaired) electrons. The summed E-state index contributed by atoms with van der Waals surface area (Å²) in [4.78, 5) is 20.9. The number of benzene rings is 2. The van der Waals surface area contributed by atoms with Gasteiger partial charge in [-0.05, 0) is 48.1 Å². The fraction of sp³-hybridized carbons (Fsp3) is 0.417. The lowest BCUT2D eigenvalue weighted by Crippen LogP contribution is -2.45. The van der Waals surface area contributed by atoms with Gasteiger partial charge in [0.2, 0.25) is 0 Å². The Morgan fingerprint density at radius 2 is 1.90 bits per heavy atom. The summed E-state index contributed by atoms with van der Waals surface area (Å²) < 4.78 is 0. The molecule has 0 aromatic heterocycles. The molecular weight excluding hydrogens is 403 g/mol. The van der Waals surface area contributed by atoms with Crippen LogP contribution in [0.2, 0.25) is 10.0 Å². The molecule has 5 heteroatoms. The first-order valence-electron chi connectivity index (χ1n) is 10.2. The van der Waals surface area contributed by atoms with Crippen LogP contribution >= 0.6 is 23.2 Å². The monoisotopic (exact) mass is 428 g/mol. The molecule has 1 saturated carbocycles. The number of halogens is 2. The number of ketones is 1. The fourth-order valence-corrected chi connectivity index (χ4v) is 5.29. The lowest BCUT2D eigenvalue weighted by molar-refractivity contribution is -0.124. The van der Waals surface area contributed by atoms with Crippen molar-refractivity contribution in [2.45, 2.75) is 46.1 Å². The van der Waals surface area contributed by atoms with Crippen LogP contribution in [0, 0.1) is 11.3 Å². The summed E-state index contributed by atoms with van der Waals surface area (Å²) in [6.07, 6.45) is 2.31. The van der Waals surface area contributed by atoms with E-state index in [0.717, 1.165) is 42.0 Å². The number of rotatable bonds is 3. The van der Waals surface area contributed by atoms with Gasteiger partial charge in [0, 0.05) is 28.7 Å². The van der Waals surface area contributed by atoms with Crippen molar-refractivity contribution in [3.05, 3.63) is 58.1 Å². The van der Waals surface area contributed by atoms with Crippen LogP contribution in [0.4, 0.5) is 11.4 Å². The third-order valence-electron chi connectivity index (χ3n) is 5.87. The molecule has 2 atom stereocenters. The van der Waals surface area contributed by atoms with E-state index in [-0.39, 0.29) is 23.2 Å². The highest BCUT2D eigenvalue weighted by Gasteiger charge is 2.46. The molecule has 1 aliphatic heterocycles. The van der Waals surface area contributed by atoms with Gasteiger partial charge in [0.1, 0.15) is 5.78 Å². The lowest BCUT2D eigenvalue weighted by atomic mass is 9.68. The average Bonchev–Trinajstić information content (AvgIpc) is 2.76. The van der Waals surface area contributed by atoms with Gasteiger partial charge >= 0.3 is 0 Å². The van der Waals surface area contributed by atoms with Gasteiger partial charge in [0.05, 0.1) is 23.3 Å². The van der Waals surface area contributed by atoms with E-state index in [9.17, 15) is 4.79 Å². The Morgan fingerprint density at radius 3 is 2.62 bits per heavy atom. The Balaban J connectivity index is 1.97. The molecule has 2 unspecified atom stereocenters. The van der Waals surface area contributed by atoms with E-state index >= 15 is 0 Å². The number of aliphatic imine (C=N–C) groups is 1. The van der Waals surface area contributed by atoms with E-state index in [4.69, 9.17) is 28.2 Å². The number of hydrogen-bond acceptors (Lipinski definition) is 3. The molecule has 0 amide bonds. The molecule has 0 bridgehead atoms. The van der Waals surface area contributed by atoms with Crippen molar-refractivity contribution in [1.82, 2.24) is 0 Å². The largest absolute Gasteiger partial charge is 0.362 e. The number of carbonyl (C=O) groups excluding carboxylic acids is 1. The van der Waals surface area contributed by atoms with Crippen molar-refractivity contribution in [1.29, 1.82) is 0 Å². The molecule has 29 heavy (non-hydrogen) atoms. The minimum absolute atomic E-state index is 0.0877. The van der Waals surface area contributed by atoms with Crippen LogP contribution in [0.25, 0.3) is 0 Å². The first-order valence-corrected chi connectivity index (χ1v) is 11.0. The smallest absolute Gasteiger partial charge is 0.144 e. The molecule has 1 fully saturated rings. The third kappa shape index (κ3) is 3.83. The molecule has 1 heterocycles. The lowest BCUT2D eigenvalue weighted by Gasteiger charge is -2.42. The first-order chi connectivity index (χ1) is 13.8. The Morgan fingerprint density at radius 1 is 1.14 bits per heavy atom. The molecule has 3 nitrogen and oxygen atoms in total. The van der Waals surface area contributed by atoms with Crippen LogP contribution < -0.4 is 4.90 Å². The highest BCUT2D eigenvalue weighted by Crippen LogP contribution is 2.49. The molecule has 0 N–H and O–H groups in total. The summed E-state index contributed by atoms with van der Waals surface area (Å²) in [6, 6.07) is 13.6. The zero-order valence-electron chi connectivity index (χ0n) is 17.1. The summed E-state index contributed by atoms with van der Waals surface area (Å²) in [5, 5.41) is 1.19. The van der Waals surface area contributed by atoms with Gasteiger partial charge in [0.25, 0.3) is 0 Å². The Kier molecular flexibility index (Phi) is 5.48. The summed E-state index contributed by atoms with van der Waals surface area (Å²) in [5.74, 6) is -0.0643. The van der Waals surface area contributed by atoms with E-state index in [0.29, 0.717) is 16.5 Å². The van der Waals surface area contributed by atoms with Gasteiger partial charge in [0.15, 0.2) is 0 Å². The zero-order valence-corrected chi connectivity index (χ0v) is 18.6. The normalized spacial score (nSPS) is 23.1. The van der Waals surface area contributed by atoms with Crippen molar-refractivity contribution in [2.75, 3.05) is 11.4 Å². The molecule has 2 aliphatic rings. The van der Waals surface area contributed by atoms with Gasteiger partial charge in [-0.2, -0.15) is 0 Å². The standard InChI is InChI=1S/C24H26Cl2N2O/c1-4-11-28-20-8-6-5-7-18(20)27-19-13-24(2,3)14-21(29)22(19)23(28)16-10-9-15(25)12-17(16)26/h5-10,12,22-23H,4,11,13-14H2,1-3H3. The Hall–Kier alpha value is -1.84. The molecule has 0 spiro atoms. The quantitative estimate of drug-likeness (QED) is 0.524. The van der Waals surface area contributed by atoms with Gasteiger partial charge in [-0.3, -0.25) is 9.79 Å². The molecule has 2 aromatic carbocycles. The minimum atomic E-state index is -0.305. The van der Waals surface area contributed by atoms with Crippen LogP contribution in [0.5, 0.6) is 0 Å². The van der Waals surface area contributed by atoms with Crippen LogP contribution in [-0.2, 0) is 4.79 Å². The molecular formula is C24H26Cl2N2O. The second kappa shape index (κ2) is 7.77. The second-order valence-corrected chi connectivity index (χ2v) is 9.70. The molecule has 2 aromatic rings. The fourth-order valence-electron chi connectivity index (χ4n) is 4.77. The predicted octanol–water partition coefficient (Wildman–Crippen LogP) is 7.04. The molecule has 152 valence electrons. The SMILES string of the molecule is CCCN1c2ccccc2N=C2CC(C)(C)CC(=O)C2C1c1ccc(Cl)cc1Cl. The van der Waals surface area contributed by atoms with Gasteiger partial charge in [-0.1, -0.05) is 62.2 Å². The summed E-state index contributed by atoms with van der Waals surface area (Å²) in [7, 11) is 0. The highest BCUT2D eigenvalue weighted by molar-refractivity contribution is 6.35. The number of anilines is 1. The maximum absolute atomic E-state index is 13.5. The van der Waals surface area contributed by atoms with Gasteiger partial charge in [-0.25, -0.2) is 0 Å². The van der Waals surface area contributed by atoms with E-state index < -0.39 is 0 Å².